The molecule has 0 spiro atoms. The van der Waals surface area contributed by atoms with E-state index in [1.807, 2.05) is 42.5 Å². The first-order chi connectivity index (χ1) is 19.6. The largest absolute Gasteiger partial charge is 0.508 e. The number of nitrogens with one attached hydrogen (secondary N) is 1. The Morgan fingerprint density at radius 3 is 2.27 bits per heavy atom. The average Bonchev–Trinajstić information content (AvgIpc) is 3.43. The Balaban J connectivity index is 1.33. The predicted octanol–water partition coefficient (Wildman–Crippen LogP) is 4.49. The number of amides is 2. The molecule has 9 nitrogen and oxygen atoms in total. The highest BCUT2D eigenvalue weighted by Crippen LogP contribution is 2.29. The monoisotopic (exact) mass is 530 g/mol. The van der Waals surface area contributed by atoms with Crippen LogP contribution in [0.1, 0.15) is 32.0 Å². The van der Waals surface area contributed by atoms with Crippen LogP contribution in [-0.2, 0) is 0 Å². The quantitative estimate of drug-likeness (QED) is 0.346. The average molecular weight is 531 g/mol. The molecular weight excluding hydrogens is 504 g/mol. The summed E-state index contributed by atoms with van der Waals surface area (Å²) in [5.41, 5.74) is 4.46. The van der Waals surface area contributed by atoms with Gasteiger partial charge in [-0.25, -0.2) is 4.98 Å². The Kier molecular flexibility index (Phi) is 6.76. The van der Waals surface area contributed by atoms with E-state index in [4.69, 9.17) is 4.98 Å². The Morgan fingerprint density at radius 2 is 1.57 bits per heavy atom. The van der Waals surface area contributed by atoms with Crippen molar-refractivity contribution in [3.8, 4) is 17.0 Å². The molecule has 5 aromatic rings. The number of nitrogens with zero attached hydrogens (tertiary/aromatic N) is 5. The fourth-order valence-corrected chi connectivity index (χ4v) is 4.82. The lowest BCUT2D eigenvalue weighted by Gasteiger charge is -2.35. The molecule has 0 atom stereocenters. The van der Waals surface area contributed by atoms with Crippen molar-refractivity contribution in [3.63, 3.8) is 0 Å². The Morgan fingerprint density at radius 1 is 0.850 bits per heavy atom. The van der Waals surface area contributed by atoms with Crippen molar-refractivity contribution in [3.05, 3.63) is 108 Å². The van der Waals surface area contributed by atoms with Crippen molar-refractivity contribution >= 4 is 35.0 Å². The molecule has 0 bridgehead atoms. The van der Waals surface area contributed by atoms with Gasteiger partial charge in [-0.15, -0.1) is 0 Å². The second kappa shape index (κ2) is 10.8. The molecule has 2 N–H and O–H groups in total. The van der Waals surface area contributed by atoms with Gasteiger partial charge >= 0.3 is 0 Å². The van der Waals surface area contributed by atoms with E-state index in [9.17, 15) is 14.7 Å². The Hall–Kier alpha value is -5.31. The van der Waals surface area contributed by atoms with Crippen molar-refractivity contribution < 1.29 is 14.7 Å². The smallest absolute Gasteiger partial charge is 0.255 e. The number of carbonyl (C=O) groups is 2. The summed E-state index contributed by atoms with van der Waals surface area (Å²) in [7, 11) is 0. The van der Waals surface area contributed by atoms with Crippen molar-refractivity contribution in [1.82, 2.24) is 30.0 Å². The molecule has 1 aliphatic heterocycles. The number of hydrogen-bond acceptors (Lipinski definition) is 6. The molecule has 40 heavy (non-hydrogen) atoms. The number of pyridine rings is 2. The fourth-order valence-electron chi connectivity index (χ4n) is 4.82. The van der Waals surface area contributed by atoms with Gasteiger partial charge in [0.15, 0.2) is 5.65 Å². The van der Waals surface area contributed by atoms with E-state index in [0.717, 1.165) is 11.1 Å². The highest BCUT2D eigenvalue weighted by atomic mass is 16.3. The first kappa shape index (κ1) is 25.0. The maximum absolute atomic E-state index is 14.0. The molecule has 198 valence electrons. The summed E-state index contributed by atoms with van der Waals surface area (Å²) >= 11 is 0. The number of fused-ring (bicyclic) bond motifs is 1. The third-order valence-electron chi connectivity index (χ3n) is 6.95. The van der Waals surface area contributed by atoms with Gasteiger partial charge in [-0.3, -0.25) is 19.7 Å². The summed E-state index contributed by atoms with van der Waals surface area (Å²) in [5, 5.41) is 17.8. The molecule has 6 rings (SSSR count). The lowest BCUT2D eigenvalue weighted by Crippen LogP contribution is -2.50. The van der Waals surface area contributed by atoms with Crippen LogP contribution in [0.2, 0.25) is 0 Å². The first-order valence-electron chi connectivity index (χ1n) is 13.0. The van der Waals surface area contributed by atoms with Crippen LogP contribution in [0, 0.1) is 0 Å². The standard InChI is InChI=1S/C31H26N6O3/c38-24-11-9-22(10-12-24)27-19-25(28-26(34-35-29(28)33-27)13-8-21-5-2-1-3-6-21)31(40)37-17-15-36(16-18-37)30(39)23-7-4-14-32-20-23/h1-14,19-20,38H,15-18H2,(H,33,34,35). The number of aromatic nitrogens is 4. The second-order valence-corrected chi connectivity index (χ2v) is 9.50. The van der Waals surface area contributed by atoms with Crippen LogP contribution in [0.3, 0.4) is 0 Å². The molecule has 2 amide bonds. The number of benzene rings is 2. The minimum Gasteiger partial charge on any atom is -0.508 e. The van der Waals surface area contributed by atoms with Crippen LogP contribution in [0.5, 0.6) is 5.75 Å². The molecule has 3 aromatic heterocycles. The Labute approximate surface area is 230 Å². The van der Waals surface area contributed by atoms with Gasteiger partial charge in [-0.2, -0.15) is 5.10 Å². The van der Waals surface area contributed by atoms with E-state index in [1.54, 1.807) is 64.7 Å². The van der Waals surface area contributed by atoms with Crippen LogP contribution in [-0.4, -0.2) is 73.1 Å². The van der Waals surface area contributed by atoms with Crippen LogP contribution in [0.25, 0.3) is 34.4 Å². The maximum Gasteiger partial charge on any atom is 0.255 e. The summed E-state index contributed by atoms with van der Waals surface area (Å²) < 4.78 is 0. The lowest BCUT2D eigenvalue weighted by molar-refractivity contribution is 0.0536. The summed E-state index contributed by atoms with van der Waals surface area (Å²) in [6, 6.07) is 21.8. The molecule has 0 radical (unpaired) electrons. The number of rotatable bonds is 5. The van der Waals surface area contributed by atoms with E-state index in [2.05, 4.69) is 15.2 Å². The summed E-state index contributed by atoms with van der Waals surface area (Å²) in [6.45, 7) is 1.64. The van der Waals surface area contributed by atoms with Gasteiger partial charge in [0.05, 0.1) is 27.9 Å². The fraction of sp³-hybridized carbons (Fsp3) is 0.129. The van der Waals surface area contributed by atoms with Crippen LogP contribution in [0.4, 0.5) is 0 Å². The van der Waals surface area contributed by atoms with E-state index in [1.165, 1.54) is 0 Å². The number of hydrogen-bond donors (Lipinski definition) is 2. The zero-order chi connectivity index (χ0) is 27.5. The van der Waals surface area contributed by atoms with E-state index < -0.39 is 0 Å². The third-order valence-corrected chi connectivity index (χ3v) is 6.95. The minimum absolute atomic E-state index is 0.0933. The number of H-pyrrole nitrogens is 1. The van der Waals surface area contributed by atoms with E-state index in [-0.39, 0.29) is 17.6 Å². The topological polar surface area (TPSA) is 115 Å². The van der Waals surface area contributed by atoms with Gasteiger partial charge in [0.25, 0.3) is 11.8 Å². The molecular formula is C31H26N6O3. The predicted molar refractivity (Wildman–Crippen MR) is 152 cm³/mol. The summed E-state index contributed by atoms with van der Waals surface area (Å²) in [4.78, 5) is 39.2. The minimum atomic E-state index is -0.156. The van der Waals surface area contributed by atoms with Gasteiger partial charge in [0.1, 0.15) is 5.75 Å². The molecule has 2 aromatic carbocycles. The number of carbonyl (C=O) groups excluding carboxylic acids is 2. The van der Waals surface area contributed by atoms with Gasteiger partial charge in [-0.05, 0) is 54.1 Å². The Bertz CT molecular complexity index is 1690. The number of aromatic amines is 1. The molecule has 9 heteroatoms. The number of piperazine rings is 1. The van der Waals surface area contributed by atoms with Crippen molar-refractivity contribution in [2.24, 2.45) is 0 Å². The van der Waals surface area contributed by atoms with Crippen molar-refractivity contribution in [2.45, 2.75) is 0 Å². The number of phenolic OH excluding ortho intramolecular Hbond substituents is 1. The molecule has 0 unspecified atom stereocenters. The normalized spacial score (nSPS) is 13.7. The molecule has 1 saturated heterocycles. The third kappa shape index (κ3) is 5.04. The molecule has 1 aliphatic rings. The highest BCUT2D eigenvalue weighted by molar-refractivity contribution is 6.09. The van der Waals surface area contributed by atoms with Crippen LogP contribution < -0.4 is 0 Å². The molecule has 0 aliphatic carbocycles. The lowest BCUT2D eigenvalue weighted by atomic mass is 10.0. The molecule has 0 saturated carbocycles. The summed E-state index contributed by atoms with van der Waals surface area (Å²) in [6.07, 6.45) is 7.01. The highest BCUT2D eigenvalue weighted by Gasteiger charge is 2.28. The van der Waals surface area contributed by atoms with Gasteiger partial charge in [0, 0.05) is 44.1 Å². The number of aromatic hydroxyl groups is 1. The maximum atomic E-state index is 14.0. The first-order valence-corrected chi connectivity index (χ1v) is 13.0. The second-order valence-electron chi connectivity index (χ2n) is 9.50. The zero-order valence-electron chi connectivity index (χ0n) is 21.6. The van der Waals surface area contributed by atoms with E-state index >= 15 is 0 Å². The zero-order valence-corrected chi connectivity index (χ0v) is 21.6. The van der Waals surface area contributed by atoms with Gasteiger partial charge in [-0.1, -0.05) is 36.4 Å². The van der Waals surface area contributed by atoms with E-state index in [0.29, 0.717) is 59.7 Å². The van der Waals surface area contributed by atoms with Crippen molar-refractivity contribution in [1.29, 1.82) is 0 Å². The SMILES string of the molecule is O=C(c1cccnc1)N1CCN(C(=O)c2cc(-c3ccc(O)cc3)nc3[nH]nc(C=Cc4ccccc4)c23)CC1. The van der Waals surface area contributed by atoms with Crippen LogP contribution >= 0.6 is 0 Å². The van der Waals surface area contributed by atoms with Crippen LogP contribution in [0.15, 0.2) is 85.2 Å². The summed E-state index contributed by atoms with van der Waals surface area (Å²) in [5.74, 6) is -0.101. The molecule has 4 heterocycles. The number of phenols is 1. The van der Waals surface area contributed by atoms with Crippen molar-refractivity contribution in [2.75, 3.05) is 26.2 Å². The van der Waals surface area contributed by atoms with Gasteiger partial charge in [0.2, 0.25) is 0 Å². The van der Waals surface area contributed by atoms with Gasteiger partial charge < -0.3 is 14.9 Å². The molecule has 1 fully saturated rings.